The van der Waals surface area contributed by atoms with E-state index < -0.39 is 15.1 Å². The summed E-state index contributed by atoms with van der Waals surface area (Å²) in [5, 5.41) is -0.846. The van der Waals surface area contributed by atoms with Crippen molar-refractivity contribution in [1.29, 1.82) is 0 Å². The van der Waals surface area contributed by atoms with Crippen LogP contribution in [0.3, 0.4) is 0 Å². The quantitative estimate of drug-likeness (QED) is 0.659. The van der Waals surface area contributed by atoms with E-state index in [1.807, 2.05) is 37.3 Å². The number of benzene rings is 2. The molecule has 1 fully saturated rings. The molecule has 0 N–H and O–H groups in total. The Morgan fingerprint density at radius 1 is 1.13 bits per heavy atom. The molecule has 0 aromatic heterocycles. The summed E-state index contributed by atoms with van der Waals surface area (Å²) >= 11 is 0. The van der Waals surface area contributed by atoms with Gasteiger partial charge in [0.2, 0.25) is 11.8 Å². The molecular formula is C24H28N2O4S. The normalized spacial score (nSPS) is 16.6. The van der Waals surface area contributed by atoms with Crippen molar-refractivity contribution in [3.63, 3.8) is 0 Å². The molecule has 6 nitrogen and oxygen atoms in total. The molecule has 0 bridgehead atoms. The predicted octanol–water partition coefficient (Wildman–Crippen LogP) is 3.59. The standard InChI is InChI=1S/C24H28N2O4S/c1-3-25(20-7-5-4-6-8-20)23(27)15-17(2)31(29,30)21-11-12-22-19(16-21)13-14-26(22)24(28)18-9-10-18/h4-8,11-12,16-18H,3,9-10,13-15H2,1-2H3. The van der Waals surface area contributed by atoms with E-state index in [1.165, 1.54) is 0 Å². The zero-order valence-corrected chi connectivity index (χ0v) is 18.8. The zero-order valence-electron chi connectivity index (χ0n) is 18.0. The van der Waals surface area contributed by atoms with Gasteiger partial charge in [0.1, 0.15) is 0 Å². The molecule has 1 unspecified atom stereocenters. The average molecular weight is 441 g/mol. The number of carbonyl (C=O) groups excluding carboxylic acids is 2. The first kappa shape index (κ1) is 21.6. The van der Waals surface area contributed by atoms with Gasteiger partial charge in [-0.15, -0.1) is 0 Å². The van der Waals surface area contributed by atoms with Crippen molar-refractivity contribution >= 4 is 33.0 Å². The lowest BCUT2D eigenvalue weighted by Crippen LogP contribution is -2.34. The number of hydrogen-bond donors (Lipinski definition) is 0. The SMILES string of the molecule is CCN(C(=O)CC(C)S(=O)(=O)c1ccc2c(c1)CCN2C(=O)C1CC1)c1ccccc1. The maximum absolute atomic E-state index is 13.2. The first-order chi connectivity index (χ1) is 14.8. The van der Waals surface area contributed by atoms with Crippen molar-refractivity contribution in [2.24, 2.45) is 5.92 Å². The van der Waals surface area contributed by atoms with Gasteiger partial charge in [-0.05, 0) is 69.0 Å². The van der Waals surface area contributed by atoms with Gasteiger partial charge in [0.05, 0.1) is 10.1 Å². The molecule has 1 aliphatic heterocycles. The number of para-hydroxylation sites is 1. The van der Waals surface area contributed by atoms with Crippen LogP contribution in [0, 0.1) is 5.92 Å². The van der Waals surface area contributed by atoms with E-state index in [1.54, 1.807) is 34.9 Å². The molecule has 2 aliphatic rings. The molecule has 1 atom stereocenters. The van der Waals surface area contributed by atoms with Crippen LogP contribution in [0.25, 0.3) is 0 Å². The minimum Gasteiger partial charge on any atom is -0.313 e. The largest absolute Gasteiger partial charge is 0.313 e. The molecule has 1 heterocycles. The molecule has 7 heteroatoms. The number of nitrogens with zero attached hydrogens (tertiary/aromatic N) is 2. The van der Waals surface area contributed by atoms with E-state index in [2.05, 4.69) is 0 Å². The lowest BCUT2D eigenvalue weighted by atomic mass is 10.2. The number of sulfone groups is 1. The fourth-order valence-corrected chi connectivity index (χ4v) is 5.53. The average Bonchev–Trinajstić information content (AvgIpc) is 3.53. The fourth-order valence-electron chi connectivity index (χ4n) is 4.14. The Labute approximate surface area is 183 Å². The third-order valence-corrected chi connectivity index (χ3v) is 8.28. The molecule has 2 aromatic rings. The Balaban J connectivity index is 1.50. The number of rotatable bonds is 7. The summed E-state index contributed by atoms with van der Waals surface area (Å²) in [7, 11) is -3.67. The van der Waals surface area contributed by atoms with E-state index in [0.717, 1.165) is 29.8 Å². The highest BCUT2D eigenvalue weighted by Crippen LogP contribution is 2.37. The van der Waals surface area contributed by atoms with E-state index >= 15 is 0 Å². The van der Waals surface area contributed by atoms with Gasteiger partial charge in [-0.3, -0.25) is 9.59 Å². The van der Waals surface area contributed by atoms with Crippen LogP contribution in [0.1, 0.15) is 38.7 Å². The highest BCUT2D eigenvalue weighted by molar-refractivity contribution is 7.92. The number of carbonyl (C=O) groups is 2. The molecule has 1 saturated carbocycles. The Morgan fingerprint density at radius 3 is 2.48 bits per heavy atom. The van der Waals surface area contributed by atoms with E-state index in [9.17, 15) is 18.0 Å². The highest BCUT2D eigenvalue weighted by Gasteiger charge is 2.37. The van der Waals surface area contributed by atoms with Gasteiger partial charge in [0.15, 0.2) is 9.84 Å². The number of amides is 2. The summed E-state index contributed by atoms with van der Waals surface area (Å²) in [6.45, 7) is 4.53. The minimum atomic E-state index is -3.67. The number of anilines is 2. The van der Waals surface area contributed by atoms with Gasteiger partial charge in [-0.25, -0.2) is 8.42 Å². The van der Waals surface area contributed by atoms with Crippen LogP contribution in [0.2, 0.25) is 0 Å². The first-order valence-electron chi connectivity index (χ1n) is 10.9. The van der Waals surface area contributed by atoms with Crippen LogP contribution in [-0.4, -0.2) is 38.6 Å². The Morgan fingerprint density at radius 2 is 1.84 bits per heavy atom. The summed E-state index contributed by atoms with van der Waals surface area (Å²) in [4.78, 5) is 28.9. The molecule has 0 radical (unpaired) electrons. The van der Waals surface area contributed by atoms with Gasteiger partial charge in [0, 0.05) is 36.8 Å². The summed E-state index contributed by atoms with van der Waals surface area (Å²) in [6, 6.07) is 14.3. The molecule has 1 aliphatic carbocycles. The second kappa shape index (κ2) is 8.46. The van der Waals surface area contributed by atoms with Crippen molar-refractivity contribution in [3.8, 4) is 0 Å². The van der Waals surface area contributed by atoms with E-state index in [4.69, 9.17) is 0 Å². The second-order valence-corrected chi connectivity index (χ2v) is 10.7. The molecule has 2 amide bonds. The Kier molecular flexibility index (Phi) is 5.88. The minimum absolute atomic E-state index is 0.0888. The van der Waals surface area contributed by atoms with Crippen molar-refractivity contribution in [3.05, 3.63) is 54.1 Å². The number of hydrogen-bond acceptors (Lipinski definition) is 4. The lowest BCUT2D eigenvalue weighted by molar-refractivity contribution is -0.120. The van der Waals surface area contributed by atoms with Crippen molar-refractivity contribution in [1.82, 2.24) is 0 Å². The third kappa shape index (κ3) is 4.24. The summed E-state index contributed by atoms with van der Waals surface area (Å²) in [5.41, 5.74) is 2.46. The molecule has 164 valence electrons. The van der Waals surface area contributed by atoms with Crippen molar-refractivity contribution in [2.45, 2.75) is 49.7 Å². The number of fused-ring (bicyclic) bond motifs is 1. The van der Waals surface area contributed by atoms with E-state index in [0.29, 0.717) is 19.5 Å². The highest BCUT2D eigenvalue weighted by atomic mass is 32.2. The fraction of sp³-hybridized carbons (Fsp3) is 0.417. The predicted molar refractivity (Wildman–Crippen MR) is 121 cm³/mol. The molecule has 0 saturated heterocycles. The summed E-state index contributed by atoms with van der Waals surface area (Å²) in [6.07, 6.45) is 2.46. The molecular weight excluding hydrogens is 412 g/mol. The zero-order chi connectivity index (χ0) is 22.2. The monoisotopic (exact) mass is 440 g/mol. The summed E-state index contributed by atoms with van der Waals surface area (Å²) in [5.74, 6) is 0.0625. The van der Waals surface area contributed by atoms with Gasteiger partial charge in [0.25, 0.3) is 0 Å². The lowest BCUT2D eigenvalue weighted by Gasteiger charge is -2.23. The summed E-state index contributed by atoms with van der Waals surface area (Å²) < 4.78 is 26.4. The van der Waals surface area contributed by atoms with Gasteiger partial charge in [-0.2, -0.15) is 0 Å². The maximum Gasteiger partial charge on any atom is 0.230 e. The van der Waals surface area contributed by atoms with Gasteiger partial charge in [-0.1, -0.05) is 18.2 Å². The maximum atomic E-state index is 13.2. The third-order valence-electron chi connectivity index (χ3n) is 6.14. The molecule has 4 rings (SSSR count). The second-order valence-electron chi connectivity index (χ2n) is 8.34. The van der Waals surface area contributed by atoms with Crippen LogP contribution < -0.4 is 9.80 Å². The van der Waals surface area contributed by atoms with Crippen LogP contribution >= 0.6 is 0 Å². The van der Waals surface area contributed by atoms with Crippen LogP contribution in [-0.2, 0) is 25.8 Å². The van der Waals surface area contributed by atoms with Crippen LogP contribution in [0.4, 0.5) is 11.4 Å². The molecule has 31 heavy (non-hydrogen) atoms. The van der Waals surface area contributed by atoms with Crippen LogP contribution in [0.15, 0.2) is 53.4 Å². The van der Waals surface area contributed by atoms with Crippen molar-refractivity contribution < 1.29 is 18.0 Å². The van der Waals surface area contributed by atoms with Gasteiger partial charge >= 0.3 is 0 Å². The smallest absolute Gasteiger partial charge is 0.230 e. The van der Waals surface area contributed by atoms with E-state index in [-0.39, 0.29) is 29.0 Å². The van der Waals surface area contributed by atoms with Crippen LogP contribution in [0.5, 0.6) is 0 Å². The van der Waals surface area contributed by atoms with Gasteiger partial charge < -0.3 is 9.80 Å². The molecule has 2 aromatic carbocycles. The van der Waals surface area contributed by atoms with Crippen molar-refractivity contribution in [2.75, 3.05) is 22.9 Å². The first-order valence-corrected chi connectivity index (χ1v) is 12.4. The molecule has 0 spiro atoms. The Bertz CT molecular complexity index is 1090. The topological polar surface area (TPSA) is 74.8 Å². The Hall–Kier alpha value is -2.67.